The molecule has 21 heavy (non-hydrogen) atoms. The zero-order valence-corrected chi connectivity index (χ0v) is 13.2. The van der Waals surface area contributed by atoms with E-state index in [9.17, 15) is 4.79 Å². The van der Waals surface area contributed by atoms with Crippen LogP contribution in [-0.4, -0.2) is 49.7 Å². The van der Waals surface area contributed by atoms with Crippen molar-refractivity contribution in [2.45, 2.75) is 32.9 Å². The van der Waals surface area contributed by atoms with Crippen molar-refractivity contribution in [2.24, 2.45) is 0 Å². The van der Waals surface area contributed by atoms with Crippen LogP contribution in [0.3, 0.4) is 0 Å². The Kier molecular flexibility index (Phi) is 5.07. The van der Waals surface area contributed by atoms with E-state index in [1.165, 1.54) is 0 Å². The summed E-state index contributed by atoms with van der Waals surface area (Å²) >= 11 is 0. The quantitative estimate of drug-likeness (QED) is 0.921. The first-order valence-electron chi connectivity index (χ1n) is 7.39. The number of carbonyl (C=O) groups is 1. The summed E-state index contributed by atoms with van der Waals surface area (Å²) in [5.41, 5.74) is 0.636. The van der Waals surface area contributed by atoms with Crippen molar-refractivity contribution >= 4 is 5.91 Å². The molecule has 1 saturated heterocycles. The molecule has 0 aliphatic carbocycles. The van der Waals surface area contributed by atoms with E-state index in [0.29, 0.717) is 17.1 Å². The Morgan fingerprint density at radius 2 is 2.14 bits per heavy atom. The number of piperazine rings is 1. The highest BCUT2D eigenvalue weighted by Crippen LogP contribution is 2.29. The van der Waals surface area contributed by atoms with Crippen LogP contribution >= 0.6 is 0 Å². The molecule has 0 aromatic heterocycles. The van der Waals surface area contributed by atoms with Crippen LogP contribution in [0.15, 0.2) is 18.2 Å². The Morgan fingerprint density at radius 1 is 1.38 bits per heavy atom. The van der Waals surface area contributed by atoms with Gasteiger partial charge in [-0.15, -0.1) is 0 Å². The maximum Gasteiger partial charge on any atom is 0.254 e. The third kappa shape index (κ3) is 3.67. The lowest BCUT2D eigenvalue weighted by atomic mass is 10.1. The fourth-order valence-electron chi connectivity index (χ4n) is 2.46. The summed E-state index contributed by atoms with van der Waals surface area (Å²) in [7, 11) is 1.59. The summed E-state index contributed by atoms with van der Waals surface area (Å²) < 4.78 is 11.0. The first kappa shape index (κ1) is 15.6. The maximum atomic E-state index is 12.6. The van der Waals surface area contributed by atoms with Gasteiger partial charge in [0.05, 0.1) is 13.2 Å². The molecule has 0 spiro atoms. The molecular formula is C16H24N2O3. The molecule has 5 nitrogen and oxygen atoms in total. The van der Waals surface area contributed by atoms with Crippen molar-refractivity contribution < 1.29 is 14.3 Å². The van der Waals surface area contributed by atoms with E-state index in [1.54, 1.807) is 25.3 Å². The fourth-order valence-corrected chi connectivity index (χ4v) is 2.46. The Hall–Kier alpha value is -1.75. The summed E-state index contributed by atoms with van der Waals surface area (Å²) in [6, 6.07) is 5.56. The molecule has 5 heteroatoms. The fraction of sp³-hybridized carbons (Fsp3) is 0.562. The van der Waals surface area contributed by atoms with Gasteiger partial charge in [-0.05, 0) is 39.0 Å². The third-order valence-corrected chi connectivity index (χ3v) is 3.54. The lowest BCUT2D eigenvalue weighted by molar-refractivity contribution is 0.0655. The highest BCUT2D eigenvalue weighted by atomic mass is 16.5. The predicted molar refractivity (Wildman–Crippen MR) is 82.1 cm³/mol. The second-order valence-corrected chi connectivity index (χ2v) is 5.58. The van der Waals surface area contributed by atoms with Crippen LogP contribution < -0.4 is 14.8 Å². The number of carbonyl (C=O) groups excluding carboxylic acids is 1. The molecule has 1 aromatic rings. The molecule has 116 valence electrons. The maximum absolute atomic E-state index is 12.6. The van der Waals surface area contributed by atoms with Crippen LogP contribution in [0, 0.1) is 0 Å². The standard InChI is InChI=1S/C16H24N2O3/c1-11(2)21-14-6-5-13(9-15(14)20-4)16(19)18-8-7-17-10-12(18)3/h5-6,9,11-12,17H,7-8,10H2,1-4H3/t12-/m1/s1. The molecule has 1 heterocycles. The average molecular weight is 292 g/mol. The molecule has 1 amide bonds. The van der Waals surface area contributed by atoms with Gasteiger partial charge in [0.2, 0.25) is 0 Å². The lowest BCUT2D eigenvalue weighted by Gasteiger charge is -2.34. The number of amides is 1. The van der Waals surface area contributed by atoms with E-state index in [4.69, 9.17) is 9.47 Å². The number of methoxy groups -OCH3 is 1. The Balaban J connectivity index is 2.21. The zero-order valence-electron chi connectivity index (χ0n) is 13.2. The molecule has 1 aliphatic rings. The molecule has 1 aliphatic heterocycles. The van der Waals surface area contributed by atoms with Gasteiger partial charge < -0.3 is 19.7 Å². The minimum Gasteiger partial charge on any atom is -0.493 e. The molecule has 0 saturated carbocycles. The molecule has 1 atom stereocenters. The van der Waals surface area contributed by atoms with Gasteiger partial charge in [0.1, 0.15) is 0 Å². The summed E-state index contributed by atoms with van der Waals surface area (Å²) in [5.74, 6) is 1.30. The summed E-state index contributed by atoms with van der Waals surface area (Å²) in [6.07, 6.45) is 0.0636. The molecule has 0 unspecified atom stereocenters. The van der Waals surface area contributed by atoms with Crippen LogP contribution in [0.1, 0.15) is 31.1 Å². The topological polar surface area (TPSA) is 50.8 Å². The van der Waals surface area contributed by atoms with Gasteiger partial charge in [-0.25, -0.2) is 0 Å². The molecule has 2 rings (SSSR count). The summed E-state index contributed by atoms with van der Waals surface area (Å²) in [5, 5.41) is 3.29. The molecule has 0 radical (unpaired) electrons. The van der Waals surface area contributed by atoms with E-state index < -0.39 is 0 Å². The molecule has 1 aromatic carbocycles. The van der Waals surface area contributed by atoms with Gasteiger partial charge in [0, 0.05) is 31.2 Å². The minimum absolute atomic E-state index is 0.0402. The molecular weight excluding hydrogens is 268 g/mol. The number of nitrogens with one attached hydrogen (secondary N) is 1. The van der Waals surface area contributed by atoms with Crippen molar-refractivity contribution in [3.8, 4) is 11.5 Å². The number of hydrogen-bond donors (Lipinski definition) is 1. The van der Waals surface area contributed by atoms with Gasteiger partial charge in [-0.3, -0.25) is 4.79 Å². The SMILES string of the molecule is COc1cc(C(=O)N2CCNC[C@H]2C)ccc1OC(C)C. The molecule has 0 bridgehead atoms. The number of ether oxygens (including phenoxy) is 2. The van der Waals surface area contributed by atoms with E-state index in [2.05, 4.69) is 12.2 Å². The summed E-state index contributed by atoms with van der Waals surface area (Å²) in [6.45, 7) is 8.37. The smallest absolute Gasteiger partial charge is 0.254 e. The highest BCUT2D eigenvalue weighted by molar-refractivity contribution is 5.95. The van der Waals surface area contributed by atoms with E-state index in [-0.39, 0.29) is 18.1 Å². The number of nitrogens with zero attached hydrogens (tertiary/aromatic N) is 1. The lowest BCUT2D eigenvalue weighted by Crippen LogP contribution is -2.52. The summed E-state index contributed by atoms with van der Waals surface area (Å²) in [4.78, 5) is 14.5. The van der Waals surface area contributed by atoms with Gasteiger partial charge in [0.25, 0.3) is 5.91 Å². The van der Waals surface area contributed by atoms with Crippen LogP contribution in [0.2, 0.25) is 0 Å². The number of rotatable bonds is 4. The average Bonchev–Trinajstić information content (AvgIpc) is 2.47. The zero-order chi connectivity index (χ0) is 15.4. The van der Waals surface area contributed by atoms with Crippen molar-refractivity contribution in [1.82, 2.24) is 10.2 Å². The van der Waals surface area contributed by atoms with Gasteiger partial charge >= 0.3 is 0 Å². The monoisotopic (exact) mass is 292 g/mol. The normalized spacial score (nSPS) is 18.7. The van der Waals surface area contributed by atoms with Crippen LogP contribution in [-0.2, 0) is 0 Å². The predicted octanol–water partition coefficient (Wildman–Crippen LogP) is 1.92. The molecule has 1 fully saturated rings. The van der Waals surface area contributed by atoms with Gasteiger partial charge in [-0.1, -0.05) is 0 Å². The van der Waals surface area contributed by atoms with Crippen molar-refractivity contribution in [3.05, 3.63) is 23.8 Å². The van der Waals surface area contributed by atoms with E-state index >= 15 is 0 Å². The third-order valence-electron chi connectivity index (χ3n) is 3.54. The van der Waals surface area contributed by atoms with Crippen molar-refractivity contribution in [3.63, 3.8) is 0 Å². The minimum atomic E-state index is 0.0402. The largest absolute Gasteiger partial charge is 0.493 e. The van der Waals surface area contributed by atoms with Crippen molar-refractivity contribution in [2.75, 3.05) is 26.7 Å². The second-order valence-electron chi connectivity index (χ2n) is 5.58. The first-order valence-corrected chi connectivity index (χ1v) is 7.39. The number of hydrogen-bond acceptors (Lipinski definition) is 4. The highest BCUT2D eigenvalue weighted by Gasteiger charge is 2.24. The van der Waals surface area contributed by atoms with E-state index in [0.717, 1.165) is 19.6 Å². The van der Waals surface area contributed by atoms with Crippen LogP contribution in [0.4, 0.5) is 0 Å². The number of benzene rings is 1. The van der Waals surface area contributed by atoms with Crippen LogP contribution in [0.5, 0.6) is 11.5 Å². The molecule has 1 N–H and O–H groups in total. The van der Waals surface area contributed by atoms with Gasteiger partial charge in [0.15, 0.2) is 11.5 Å². The Bertz CT molecular complexity index is 502. The van der Waals surface area contributed by atoms with E-state index in [1.807, 2.05) is 18.7 Å². The van der Waals surface area contributed by atoms with Gasteiger partial charge in [-0.2, -0.15) is 0 Å². The Labute approximate surface area is 126 Å². The Morgan fingerprint density at radius 3 is 2.76 bits per heavy atom. The van der Waals surface area contributed by atoms with Crippen molar-refractivity contribution in [1.29, 1.82) is 0 Å². The second kappa shape index (κ2) is 6.80. The van der Waals surface area contributed by atoms with Crippen LogP contribution in [0.25, 0.3) is 0 Å². The first-order chi connectivity index (χ1) is 10.0.